The third-order valence-electron chi connectivity index (χ3n) is 12.0. The Morgan fingerprint density at radius 2 is 1.74 bits per heavy atom. The van der Waals surface area contributed by atoms with Crippen LogP contribution < -0.4 is 32.1 Å². The standard InChI is InChI=1S/C31H55N11O/c1-19-8-10-43-31-24(13-34-40(31)4)30-32-9-7-27(36-30)35-28-11-26-23(12-33-28)29(37-42(19)26)25-6-5-22(39(25)3)18-41-16-20-14-38(2)15-21(20)17-41/h5-6,19-21,23-24,26-37H,7-18H2,1-4H3/t19-,20?,21?,23?,24?,26?,27?,28?,29?,30?,31?/m0/s1. The van der Waals surface area contributed by atoms with Crippen LogP contribution in [-0.2, 0) is 18.3 Å². The lowest BCUT2D eigenvalue weighted by atomic mass is 9.85. The molecule has 0 spiro atoms. The van der Waals surface area contributed by atoms with Crippen molar-refractivity contribution in [1.82, 2.24) is 56.5 Å². The maximum atomic E-state index is 6.61. The van der Waals surface area contributed by atoms with E-state index in [1.165, 1.54) is 37.6 Å². The summed E-state index contributed by atoms with van der Waals surface area (Å²) in [6.45, 7) is 12.2. The fraction of sp³-hybridized carbons (Fsp3) is 0.871. The number of nitrogens with one attached hydrogen (secondary N) is 6. The molecule has 4 bridgehead atoms. The summed E-state index contributed by atoms with van der Waals surface area (Å²) in [6, 6.07) is 5.95. The van der Waals surface area contributed by atoms with Gasteiger partial charge >= 0.3 is 0 Å². The molecule has 8 rings (SSSR count). The van der Waals surface area contributed by atoms with Crippen molar-refractivity contribution in [3.05, 3.63) is 23.5 Å². The van der Waals surface area contributed by atoms with Gasteiger partial charge in [0.25, 0.3) is 0 Å². The van der Waals surface area contributed by atoms with Crippen molar-refractivity contribution in [3.8, 4) is 0 Å². The molecule has 12 heteroatoms. The fourth-order valence-corrected chi connectivity index (χ4v) is 9.65. The van der Waals surface area contributed by atoms with Crippen molar-refractivity contribution in [2.75, 3.05) is 66.5 Å². The minimum atomic E-state index is 0.0569. The minimum absolute atomic E-state index is 0.0569. The van der Waals surface area contributed by atoms with Crippen molar-refractivity contribution in [2.45, 2.75) is 75.6 Å². The first-order valence-corrected chi connectivity index (χ1v) is 17.1. The van der Waals surface area contributed by atoms with Crippen LogP contribution in [0.25, 0.3) is 0 Å². The Hall–Kier alpha value is -1.16. The number of nitrogens with zero attached hydrogens (tertiary/aromatic N) is 5. The molecule has 11 atom stereocenters. The number of aromatic nitrogens is 1. The van der Waals surface area contributed by atoms with E-state index in [1.807, 2.05) is 0 Å². The van der Waals surface area contributed by atoms with Gasteiger partial charge in [-0.25, -0.2) is 15.4 Å². The van der Waals surface area contributed by atoms with Gasteiger partial charge in [-0.3, -0.25) is 21.0 Å². The molecule has 0 radical (unpaired) electrons. The second-order valence-electron chi connectivity index (χ2n) is 14.8. The van der Waals surface area contributed by atoms with Gasteiger partial charge in [-0.15, -0.1) is 0 Å². The third-order valence-corrected chi connectivity index (χ3v) is 12.0. The SMILES string of the molecule is C[C@H]1CCOC2C(CNN2C)C2NCCC(NC3CC4C(CN3)C(c3ccc(CN5CC6CN(C)CC6C5)n3C)NN41)N2. The molecule has 12 nitrogen and oxygen atoms in total. The first-order chi connectivity index (χ1) is 20.9. The largest absolute Gasteiger partial charge is 0.361 e. The normalized spacial score (nSPS) is 44.9. The summed E-state index contributed by atoms with van der Waals surface area (Å²) >= 11 is 0. The molecule has 1 aromatic heterocycles. The van der Waals surface area contributed by atoms with Gasteiger partial charge in [0.05, 0.1) is 31.1 Å². The van der Waals surface area contributed by atoms with Gasteiger partial charge in [-0.05, 0) is 63.7 Å². The summed E-state index contributed by atoms with van der Waals surface area (Å²) in [4.78, 5) is 5.22. The number of hydrogen-bond acceptors (Lipinski definition) is 11. The van der Waals surface area contributed by atoms with E-state index in [0.717, 1.165) is 63.9 Å². The minimum Gasteiger partial charge on any atom is -0.361 e. The van der Waals surface area contributed by atoms with Crippen LogP contribution in [0.15, 0.2) is 12.1 Å². The van der Waals surface area contributed by atoms with Crippen LogP contribution in [0.4, 0.5) is 0 Å². The highest BCUT2D eigenvalue weighted by Gasteiger charge is 2.49. The van der Waals surface area contributed by atoms with Crippen molar-refractivity contribution >= 4 is 0 Å². The number of piperidine rings is 1. The van der Waals surface area contributed by atoms with Crippen molar-refractivity contribution < 1.29 is 4.74 Å². The first kappa shape index (κ1) is 29.3. The molecule has 0 amide bonds. The molecule has 7 saturated heterocycles. The van der Waals surface area contributed by atoms with Crippen LogP contribution in [0.2, 0.25) is 0 Å². The van der Waals surface area contributed by atoms with E-state index in [1.54, 1.807) is 0 Å². The van der Waals surface area contributed by atoms with Gasteiger partial charge in [0.1, 0.15) is 6.23 Å². The van der Waals surface area contributed by atoms with Gasteiger partial charge < -0.3 is 24.8 Å². The van der Waals surface area contributed by atoms with Gasteiger partial charge in [0.2, 0.25) is 0 Å². The van der Waals surface area contributed by atoms with E-state index < -0.39 is 0 Å². The zero-order valence-corrected chi connectivity index (χ0v) is 26.6. The summed E-state index contributed by atoms with van der Waals surface area (Å²) < 4.78 is 9.11. The maximum absolute atomic E-state index is 6.61. The summed E-state index contributed by atoms with van der Waals surface area (Å²) in [6.07, 6.45) is 4.04. The lowest BCUT2D eigenvalue weighted by molar-refractivity contribution is -0.0791. The Bertz CT molecular complexity index is 1120. The molecule has 6 N–H and O–H groups in total. The molecule has 8 heterocycles. The zero-order valence-electron chi connectivity index (χ0n) is 26.6. The Labute approximate surface area is 257 Å². The average molecular weight is 598 g/mol. The van der Waals surface area contributed by atoms with E-state index in [9.17, 15) is 0 Å². The second kappa shape index (κ2) is 11.9. The molecule has 1 aromatic rings. The van der Waals surface area contributed by atoms with E-state index in [4.69, 9.17) is 4.74 Å². The molecule has 7 aliphatic rings. The number of hydrazine groups is 2. The molecule has 43 heavy (non-hydrogen) atoms. The van der Waals surface area contributed by atoms with Crippen LogP contribution in [0, 0.1) is 23.7 Å². The topological polar surface area (TPSA) is 99.3 Å². The molecule has 0 saturated carbocycles. The monoisotopic (exact) mass is 597 g/mol. The molecule has 7 fully saturated rings. The number of likely N-dealkylation sites (tertiary alicyclic amines) is 2. The van der Waals surface area contributed by atoms with Gasteiger partial charge in [-0.2, -0.15) is 0 Å². The second-order valence-corrected chi connectivity index (χ2v) is 14.8. The number of hydrogen-bond donors (Lipinski definition) is 6. The van der Waals surface area contributed by atoms with Crippen LogP contribution in [0.5, 0.6) is 0 Å². The highest BCUT2D eigenvalue weighted by atomic mass is 16.5. The van der Waals surface area contributed by atoms with Gasteiger partial charge in [0.15, 0.2) is 0 Å². The fourth-order valence-electron chi connectivity index (χ4n) is 9.65. The number of rotatable bonds is 3. The maximum Gasteiger partial charge on any atom is 0.129 e. The quantitative estimate of drug-likeness (QED) is 0.265. The van der Waals surface area contributed by atoms with Crippen LogP contribution in [-0.4, -0.2) is 128 Å². The Kier molecular flexibility index (Phi) is 8.09. The predicted octanol–water partition coefficient (Wildman–Crippen LogP) is -0.790. The lowest BCUT2D eigenvalue weighted by Crippen LogP contribution is -2.67. The highest BCUT2D eigenvalue weighted by Crippen LogP contribution is 2.40. The van der Waals surface area contributed by atoms with Gasteiger partial charge in [-0.1, -0.05) is 0 Å². The third kappa shape index (κ3) is 5.50. The lowest BCUT2D eigenvalue weighted by Gasteiger charge is -2.43. The predicted molar refractivity (Wildman–Crippen MR) is 166 cm³/mol. The van der Waals surface area contributed by atoms with Crippen LogP contribution in [0.1, 0.15) is 43.6 Å². The average Bonchev–Trinajstić information content (AvgIpc) is 3.79. The van der Waals surface area contributed by atoms with Crippen LogP contribution in [0.3, 0.4) is 0 Å². The summed E-state index contributed by atoms with van der Waals surface area (Å²) in [5.41, 5.74) is 10.5. The van der Waals surface area contributed by atoms with E-state index in [0.29, 0.717) is 36.1 Å². The molecular weight excluding hydrogens is 542 g/mol. The van der Waals surface area contributed by atoms with E-state index in [2.05, 4.69) is 96.7 Å². The number of fused-ring (bicyclic) bond motifs is 6. The molecule has 10 unspecified atom stereocenters. The summed E-state index contributed by atoms with van der Waals surface area (Å²) in [5.74, 6) is 2.57. The van der Waals surface area contributed by atoms with E-state index in [-0.39, 0.29) is 18.6 Å². The smallest absolute Gasteiger partial charge is 0.129 e. The van der Waals surface area contributed by atoms with Crippen LogP contribution >= 0.6 is 0 Å². The van der Waals surface area contributed by atoms with Crippen molar-refractivity contribution in [1.29, 1.82) is 0 Å². The Morgan fingerprint density at radius 3 is 2.58 bits per heavy atom. The molecule has 7 aliphatic heterocycles. The van der Waals surface area contributed by atoms with Crippen molar-refractivity contribution in [3.63, 3.8) is 0 Å². The first-order valence-electron chi connectivity index (χ1n) is 17.1. The summed E-state index contributed by atoms with van der Waals surface area (Å²) in [7, 11) is 6.69. The van der Waals surface area contributed by atoms with E-state index >= 15 is 0 Å². The number of ether oxygens (including phenoxy) is 1. The van der Waals surface area contributed by atoms with Crippen molar-refractivity contribution in [2.24, 2.45) is 30.7 Å². The molecule has 0 aromatic carbocycles. The Balaban J connectivity index is 0.997. The highest BCUT2D eigenvalue weighted by molar-refractivity contribution is 5.23. The zero-order chi connectivity index (χ0) is 29.2. The Morgan fingerprint density at radius 1 is 0.907 bits per heavy atom. The summed E-state index contributed by atoms with van der Waals surface area (Å²) in [5, 5.41) is 20.3. The molecular formula is C31H55N11O. The molecule has 240 valence electrons. The molecule has 0 aliphatic carbocycles. The van der Waals surface area contributed by atoms with Gasteiger partial charge in [0, 0.05) is 95.2 Å².